The minimum Gasteiger partial charge on any atom is -0.457 e. The summed E-state index contributed by atoms with van der Waals surface area (Å²) in [6.45, 7) is 6.48. The number of nitrogens with zero attached hydrogens (tertiary/aromatic N) is 2. The summed E-state index contributed by atoms with van der Waals surface area (Å²) in [6, 6.07) is 20.1. The van der Waals surface area contributed by atoms with E-state index >= 15 is 0 Å². The summed E-state index contributed by atoms with van der Waals surface area (Å²) >= 11 is 6.36. The van der Waals surface area contributed by atoms with Crippen LogP contribution in [0.25, 0.3) is 22.0 Å². The minimum absolute atomic E-state index is 0.213. The van der Waals surface area contributed by atoms with Crippen molar-refractivity contribution in [2.45, 2.75) is 25.7 Å². The largest absolute Gasteiger partial charge is 0.457 e. The molecule has 33 heavy (non-hydrogen) atoms. The van der Waals surface area contributed by atoms with Gasteiger partial charge in [0.15, 0.2) is 0 Å². The van der Waals surface area contributed by atoms with E-state index in [1.807, 2.05) is 69.4 Å². The molecule has 0 N–H and O–H groups in total. The molecule has 0 amide bonds. The molecule has 0 aliphatic rings. The van der Waals surface area contributed by atoms with Crippen LogP contribution in [0.2, 0.25) is 5.02 Å². The van der Waals surface area contributed by atoms with Gasteiger partial charge >= 0.3 is 0 Å². The van der Waals surface area contributed by atoms with Crippen LogP contribution >= 0.6 is 11.6 Å². The highest BCUT2D eigenvalue weighted by atomic mass is 35.5. The van der Waals surface area contributed by atoms with Gasteiger partial charge in [-0.2, -0.15) is 4.31 Å². The van der Waals surface area contributed by atoms with Crippen molar-refractivity contribution in [1.82, 2.24) is 9.29 Å². The first-order chi connectivity index (χ1) is 15.8. The van der Waals surface area contributed by atoms with Crippen molar-refractivity contribution >= 4 is 32.5 Å². The zero-order valence-corrected chi connectivity index (χ0v) is 20.3. The Morgan fingerprint density at radius 3 is 2.33 bits per heavy atom. The van der Waals surface area contributed by atoms with Gasteiger partial charge in [0.25, 0.3) is 0 Å². The third-order valence-corrected chi connectivity index (χ3v) is 7.90. The fourth-order valence-electron chi connectivity index (χ4n) is 3.93. The van der Waals surface area contributed by atoms with Gasteiger partial charge < -0.3 is 4.74 Å². The molecule has 4 rings (SSSR count). The average molecular weight is 481 g/mol. The summed E-state index contributed by atoms with van der Waals surface area (Å²) in [6.07, 6.45) is 1.82. The zero-order chi connectivity index (χ0) is 23.6. The van der Waals surface area contributed by atoms with Crippen molar-refractivity contribution < 1.29 is 13.2 Å². The molecule has 0 aliphatic heterocycles. The number of para-hydroxylation sites is 1. The monoisotopic (exact) mass is 480 g/mol. The maximum Gasteiger partial charge on any atom is 0.243 e. The lowest BCUT2D eigenvalue weighted by molar-refractivity contribution is 0.443. The van der Waals surface area contributed by atoms with Crippen molar-refractivity contribution in [2.24, 2.45) is 0 Å². The molecule has 1 heterocycles. The van der Waals surface area contributed by atoms with Crippen LogP contribution in [0.3, 0.4) is 0 Å². The van der Waals surface area contributed by atoms with Gasteiger partial charge in [-0.15, -0.1) is 0 Å². The summed E-state index contributed by atoms with van der Waals surface area (Å²) in [5.41, 5.74) is 3.77. The van der Waals surface area contributed by atoms with Crippen LogP contribution in [-0.2, 0) is 10.0 Å². The third-order valence-electron chi connectivity index (χ3n) is 5.54. The Hall–Kier alpha value is -2.93. The highest BCUT2D eigenvalue weighted by Crippen LogP contribution is 2.36. The summed E-state index contributed by atoms with van der Waals surface area (Å²) in [5.74, 6) is 1.07. The number of hydrogen-bond donors (Lipinski definition) is 0. The number of aromatic nitrogens is 1. The second-order valence-corrected chi connectivity index (χ2v) is 9.99. The topological polar surface area (TPSA) is 59.5 Å². The van der Waals surface area contributed by atoms with E-state index in [0.29, 0.717) is 29.6 Å². The Kier molecular flexibility index (Phi) is 6.70. The van der Waals surface area contributed by atoms with E-state index in [0.717, 1.165) is 27.6 Å². The summed E-state index contributed by atoms with van der Waals surface area (Å²) in [5, 5.41) is 1.57. The highest BCUT2D eigenvalue weighted by molar-refractivity contribution is 7.89. The maximum absolute atomic E-state index is 12.9. The van der Waals surface area contributed by atoms with E-state index in [2.05, 4.69) is 4.98 Å². The average Bonchev–Trinajstić information content (AvgIpc) is 2.80. The van der Waals surface area contributed by atoms with Crippen LogP contribution in [0.4, 0.5) is 0 Å². The van der Waals surface area contributed by atoms with Gasteiger partial charge in [0.1, 0.15) is 11.5 Å². The Balaban J connectivity index is 1.71. The fourth-order valence-corrected chi connectivity index (χ4v) is 5.65. The number of hydrogen-bond acceptors (Lipinski definition) is 4. The van der Waals surface area contributed by atoms with E-state index < -0.39 is 10.0 Å². The van der Waals surface area contributed by atoms with Gasteiger partial charge in [0.2, 0.25) is 10.0 Å². The lowest BCUT2D eigenvalue weighted by Crippen LogP contribution is -2.30. The first kappa shape index (κ1) is 23.2. The fraction of sp³-hybridized carbons (Fsp3) is 0.192. The highest BCUT2D eigenvalue weighted by Gasteiger charge is 2.22. The van der Waals surface area contributed by atoms with E-state index in [9.17, 15) is 8.42 Å². The van der Waals surface area contributed by atoms with Gasteiger partial charge in [0, 0.05) is 30.7 Å². The van der Waals surface area contributed by atoms with Crippen molar-refractivity contribution in [3.05, 3.63) is 83.5 Å². The standard InChI is InChI=1S/C26H25ClN2O3S/c1-4-29(5-2)33(30,31)22-12-7-11-21(16-22)32-20-10-6-9-19(15-20)25-18(3)17-28-26-23(25)13-8-14-24(26)27/h6-17H,4-5H2,1-3H3. The van der Waals surface area contributed by atoms with Crippen LogP contribution in [0.5, 0.6) is 11.5 Å². The number of rotatable bonds is 7. The summed E-state index contributed by atoms with van der Waals surface area (Å²) in [7, 11) is -3.57. The molecule has 3 aromatic carbocycles. The molecule has 1 aromatic heterocycles. The second-order valence-electron chi connectivity index (χ2n) is 7.65. The van der Waals surface area contributed by atoms with E-state index in [4.69, 9.17) is 16.3 Å². The molecular formula is C26H25ClN2O3S. The molecule has 7 heteroatoms. The van der Waals surface area contributed by atoms with Crippen LogP contribution in [0.15, 0.2) is 77.8 Å². The zero-order valence-electron chi connectivity index (χ0n) is 18.7. The SMILES string of the molecule is CCN(CC)S(=O)(=O)c1cccc(Oc2cccc(-c3c(C)cnc4c(Cl)cccc34)c2)c1. The van der Waals surface area contributed by atoms with Gasteiger partial charge in [-0.25, -0.2) is 8.42 Å². The number of aryl methyl sites for hydroxylation is 1. The van der Waals surface area contributed by atoms with E-state index in [1.54, 1.807) is 24.3 Å². The Bertz CT molecular complexity index is 1420. The van der Waals surface area contributed by atoms with E-state index in [-0.39, 0.29) is 4.90 Å². The molecule has 0 fully saturated rings. The lowest BCUT2D eigenvalue weighted by atomic mass is 9.97. The predicted octanol–water partition coefficient (Wildman–Crippen LogP) is 6.69. The molecule has 4 aromatic rings. The molecule has 0 radical (unpaired) electrons. The van der Waals surface area contributed by atoms with Crippen LogP contribution in [0, 0.1) is 6.92 Å². The minimum atomic E-state index is -3.57. The van der Waals surface area contributed by atoms with Gasteiger partial charge in [-0.05, 0) is 53.9 Å². The predicted molar refractivity (Wildman–Crippen MR) is 134 cm³/mol. The molecule has 0 saturated carbocycles. The van der Waals surface area contributed by atoms with Crippen molar-refractivity contribution in [3.8, 4) is 22.6 Å². The van der Waals surface area contributed by atoms with E-state index in [1.165, 1.54) is 4.31 Å². The molecule has 0 atom stereocenters. The number of pyridine rings is 1. The smallest absolute Gasteiger partial charge is 0.243 e. The number of halogens is 1. The second kappa shape index (κ2) is 9.51. The van der Waals surface area contributed by atoms with Crippen LogP contribution in [0.1, 0.15) is 19.4 Å². The van der Waals surface area contributed by atoms with Crippen LogP contribution in [-0.4, -0.2) is 30.8 Å². The molecule has 0 saturated heterocycles. The first-order valence-corrected chi connectivity index (χ1v) is 12.6. The molecular weight excluding hydrogens is 456 g/mol. The molecule has 0 spiro atoms. The molecule has 5 nitrogen and oxygen atoms in total. The van der Waals surface area contributed by atoms with Crippen molar-refractivity contribution in [3.63, 3.8) is 0 Å². The third kappa shape index (κ3) is 4.60. The lowest BCUT2D eigenvalue weighted by Gasteiger charge is -2.19. The Labute approximate surface area is 199 Å². The maximum atomic E-state index is 12.9. The molecule has 0 aliphatic carbocycles. The summed E-state index contributed by atoms with van der Waals surface area (Å²) < 4.78 is 33.3. The van der Waals surface area contributed by atoms with Crippen LogP contribution < -0.4 is 4.74 Å². The number of ether oxygens (including phenoxy) is 1. The first-order valence-electron chi connectivity index (χ1n) is 10.8. The normalized spacial score (nSPS) is 11.8. The molecule has 170 valence electrons. The Morgan fingerprint density at radius 2 is 1.61 bits per heavy atom. The van der Waals surface area contributed by atoms with Gasteiger partial charge in [-0.1, -0.05) is 55.8 Å². The van der Waals surface area contributed by atoms with Gasteiger partial charge in [0.05, 0.1) is 15.4 Å². The number of sulfonamides is 1. The number of fused-ring (bicyclic) bond motifs is 1. The van der Waals surface area contributed by atoms with Crippen molar-refractivity contribution in [1.29, 1.82) is 0 Å². The number of benzene rings is 3. The quantitative estimate of drug-likeness (QED) is 0.296. The summed E-state index contributed by atoms with van der Waals surface area (Å²) in [4.78, 5) is 4.71. The van der Waals surface area contributed by atoms with Crippen molar-refractivity contribution in [2.75, 3.05) is 13.1 Å². The van der Waals surface area contributed by atoms with Gasteiger partial charge in [-0.3, -0.25) is 4.98 Å². The molecule has 0 unspecified atom stereocenters. The molecule has 0 bridgehead atoms. The Morgan fingerprint density at radius 1 is 0.939 bits per heavy atom.